The number of guanidine groups is 1. The Hall–Kier alpha value is -1.20. The fraction of sp³-hybridized carbons (Fsp3) is 0.353. The molecule has 0 spiro atoms. The van der Waals surface area contributed by atoms with E-state index in [0.717, 1.165) is 52.0 Å². The van der Waals surface area contributed by atoms with Gasteiger partial charge in [0.1, 0.15) is 5.65 Å². The van der Waals surface area contributed by atoms with Gasteiger partial charge >= 0.3 is 0 Å². The molecule has 0 aromatic carbocycles. The molecule has 0 amide bonds. The highest BCUT2D eigenvalue weighted by molar-refractivity contribution is 14.0. The fourth-order valence-corrected chi connectivity index (χ4v) is 3.43. The standard InChI is InChI=1S/C17H21BrN6S.HI/c1-3-19-17(20-7-6-14-11-25-12(2)22-14)21-8-15-10-24-9-13(18)4-5-16(24)23-15;/h4-5,9-11H,3,6-8H2,1-2H3,(H2,19,20,21);1H. The largest absolute Gasteiger partial charge is 0.357 e. The molecule has 0 aliphatic carbocycles. The number of nitrogens with one attached hydrogen (secondary N) is 2. The summed E-state index contributed by atoms with van der Waals surface area (Å²) in [6, 6.07) is 3.97. The topological polar surface area (TPSA) is 66.6 Å². The van der Waals surface area contributed by atoms with Gasteiger partial charge in [0.2, 0.25) is 0 Å². The van der Waals surface area contributed by atoms with Gasteiger partial charge in [0, 0.05) is 41.8 Å². The van der Waals surface area contributed by atoms with Gasteiger partial charge in [-0.25, -0.2) is 15.0 Å². The molecule has 3 rings (SSSR count). The van der Waals surface area contributed by atoms with Gasteiger partial charge in [-0.15, -0.1) is 35.3 Å². The van der Waals surface area contributed by atoms with Crippen molar-refractivity contribution in [3.63, 3.8) is 0 Å². The van der Waals surface area contributed by atoms with E-state index in [1.54, 1.807) is 11.3 Å². The number of nitrogens with zero attached hydrogens (tertiary/aromatic N) is 4. The Kier molecular flexibility index (Phi) is 8.29. The fourth-order valence-electron chi connectivity index (χ4n) is 2.43. The molecule has 0 aliphatic rings. The van der Waals surface area contributed by atoms with Crippen LogP contribution in [-0.4, -0.2) is 33.4 Å². The maximum Gasteiger partial charge on any atom is 0.191 e. The highest BCUT2D eigenvalue weighted by Gasteiger charge is 2.04. The summed E-state index contributed by atoms with van der Waals surface area (Å²) in [5.41, 5.74) is 2.98. The molecule has 0 saturated carbocycles. The number of halogens is 2. The zero-order valence-electron chi connectivity index (χ0n) is 14.7. The van der Waals surface area contributed by atoms with Gasteiger partial charge in [-0.3, -0.25) is 0 Å². The quantitative estimate of drug-likeness (QED) is 0.279. The van der Waals surface area contributed by atoms with Crippen LogP contribution in [0.5, 0.6) is 0 Å². The molecule has 0 radical (unpaired) electrons. The van der Waals surface area contributed by atoms with Crippen LogP contribution in [0.1, 0.15) is 23.3 Å². The molecular formula is C17H22BrIN6S. The minimum absolute atomic E-state index is 0. The average molecular weight is 549 g/mol. The van der Waals surface area contributed by atoms with Gasteiger partial charge in [0.15, 0.2) is 5.96 Å². The predicted molar refractivity (Wildman–Crippen MR) is 122 cm³/mol. The zero-order valence-corrected chi connectivity index (χ0v) is 19.4. The van der Waals surface area contributed by atoms with Crippen LogP contribution in [0.3, 0.4) is 0 Å². The average Bonchev–Trinajstić information content (AvgIpc) is 3.18. The molecule has 26 heavy (non-hydrogen) atoms. The third-order valence-corrected chi connectivity index (χ3v) is 4.84. The van der Waals surface area contributed by atoms with Crippen molar-refractivity contribution in [1.82, 2.24) is 25.0 Å². The van der Waals surface area contributed by atoms with Crippen LogP contribution in [0.25, 0.3) is 5.65 Å². The van der Waals surface area contributed by atoms with Gasteiger partial charge in [-0.1, -0.05) is 0 Å². The van der Waals surface area contributed by atoms with E-state index >= 15 is 0 Å². The van der Waals surface area contributed by atoms with E-state index in [2.05, 4.69) is 53.8 Å². The van der Waals surface area contributed by atoms with E-state index in [1.807, 2.05) is 35.9 Å². The lowest BCUT2D eigenvalue weighted by Crippen LogP contribution is -2.38. The van der Waals surface area contributed by atoms with Crippen LogP contribution in [0.4, 0.5) is 0 Å². The van der Waals surface area contributed by atoms with Crippen LogP contribution in [0.15, 0.2) is 39.4 Å². The molecule has 0 fully saturated rings. The summed E-state index contributed by atoms with van der Waals surface area (Å²) in [5.74, 6) is 0.799. The first-order chi connectivity index (χ1) is 12.1. The van der Waals surface area contributed by atoms with E-state index in [9.17, 15) is 0 Å². The Morgan fingerprint density at radius 1 is 1.23 bits per heavy atom. The van der Waals surface area contributed by atoms with E-state index in [1.165, 1.54) is 0 Å². The van der Waals surface area contributed by atoms with Crippen molar-refractivity contribution in [2.24, 2.45) is 4.99 Å². The van der Waals surface area contributed by atoms with Crippen molar-refractivity contribution in [1.29, 1.82) is 0 Å². The molecule has 0 atom stereocenters. The van der Waals surface area contributed by atoms with Crippen LogP contribution in [0.2, 0.25) is 0 Å². The van der Waals surface area contributed by atoms with Crippen LogP contribution < -0.4 is 10.6 Å². The number of hydrogen-bond donors (Lipinski definition) is 2. The van der Waals surface area contributed by atoms with E-state index < -0.39 is 0 Å². The van der Waals surface area contributed by atoms with Crippen molar-refractivity contribution in [3.8, 4) is 0 Å². The summed E-state index contributed by atoms with van der Waals surface area (Å²) in [7, 11) is 0. The van der Waals surface area contributed by atoms with Crippen LogP contribution in [0, 0.1) is 6.92 Å². The second kappa shape index (κ2) is 10.2. The van der Waals surface area contributed by atoms with Gasteiger partial charge in [-0.2, -0.15) is 0 Å². The summed E-state index contributed by atoms with van der Waals surface area (Å²) in [4.78, 5) is 13.7. The van der Waals surface area contributed by atoms with Crippen molar-refractivity contribution < 1.29 is 0 Å². The number of aryl methyl sites for hydroxylation is 1. The Morgan fingerprint density at radius 2 is 2.08 bits per heavy atom. The molecule has 3 aromatic rings. The number of imidazole rings is 1. The van der Waals surface area contributed by atoms with Gasteiger partial charge in [0.05, 0.1) is 22.9 Å². The van der Waals surface area contributed by atoms with Gasteiger partial charge in [0.25, 0.3) is 0 Å². The van der Waals surface area contributed by atoms with Gasteiger partial charge in [-0.05, 0) is 41.9 Å². The number of aromatic nitrogens is 3. The molecule has 3 heterocycles. The molecule has 0 aliphatic heterocycles. The SMILES string of the molecule is CCNC(=NCc1cn2cc(Br)ccc2n1)NCCc1csc(C)n1.I. The second-order valence-electron chi connectivity index (χ2n) is 5.57. The summed E-state index contributed by atoms with van der Waals surface area (Å²) in [5, 5.41) is 9.83. The monoisotopic (exact) mass is 548 g/mol. The molecule has 3 aromatic heterocycles. The van der Waals surface area contributed by atoms with Gasteiger partial charge < -0.3 is 15.0 Å². The number of aliphatic imine (C=N–C) groups is 1. The van der Waals surface area contributed by atoms with E-state index in [4.69, 9.17) is 0 Å². The van der Waals surface area contributed by atoms with E-state index in [-0.39, 0.29) is 24.0 Å². The molecule has 0 unspecified atom stereocenters. The van der Waals surface area contributed by atoms with E-state index in [0.29, 0.717) is 6.54 Å². The summed E-state index contributed by atoms with van der Waals surface area (Å²) in [6.45, 7) is 6.24. The Balaban J connectivity index is 0.00000243. The first kappa shape index (κ1) is 21.1. The summed E-state index contributed by atoms with van der Waals surface area (Å²) < 4.78 is 3.03. The molecule has 140 valence electrons. The molecule has 6 nitrogen and oxygen atoms in total. The number of thiazole rings is 1. The van der Waals surface area contributed by atoms with Crippen molar-refractivity contribution in [2.45, 2.75) is 26.8 Å². The lowest BCUT2D eigenvalue weighted by atomic mass is 10.3. The zero-order chi connectivity index (χ0) is 17.6. The second-order valence-corrected chi connectivity index (χ2v) is 7.55. The molecule has 0 bridgehead atoms. The van der Waals surface area contributed by atoms with Crippen molar-refractivity contribution >= 4 is 62.9 Å². The summed E-state index contributed by atoms with van der Waals surface area (Å²) >= 11 is 5.16. The minimum Gasteiger partial charge on any atom is -0.357 e. The normalized spacial score (nSPS) is 11.4. The third-order valence-electron chi connectivity index (χ3n) is 3.55. The number of pyridine rings is 1. The lowest BCUT2D eigenvalue weighted by molar-refractivity contribution is 0.788. The predicted octanol–water partition coefficient (Wildman–Crippen LogP) is 3.78. The van der Waals surface area contributed by atoms with Crippen LogP contribution >= 0.6 is 51.2 Å². The first-order valence-corrected chi connectivity index (χ1v) is 9.87. The van der Waals surface area contributed by atoms with Crippen molar-refractivity contribution in [3.05, 3.63) is 50.8 Å². The maximum atomic E-state index is 4.63. The Labute approximate surface area is 182 Å². The smallest absolute Gasteiger partial charge is 0.191 e. The maximum absolute atomic E-state index is 4.63. The Morgan fingerprint density at radius 3 is 2.81 bits per heavy atom. The molecular weight excluding hydrogens is 527 g/mol. The molecule has 2 N–H and O–H groups in total. The van der Waals surface area contributed by atoms with Crippen molar-refractivity contribution in [2.75, 3.05) is 13.1 Å². The minimum atomic E-state index is 0. The third kappa shape index (κ3) is 5.92. The molecule has 0 saturated heterocycles. The van der Waals surface area contributed by atoms with Crippen LogP contribution in [-0.2, 0) is 13.0 Å². The summed E-state index contributed by atoms with van der Waals surface area (Å²) in [6.07, 6.45) is 4.89. The number of hydrogen-bond acceptors (Lipinski definition) is 4. The highest BCUT2D eigenvalue weighted by Crippen LogP contribution is 2.13. The number of fused-ring (bicyclic) bond motifs is 1. The molecule has 9 heteroatoms. The number of rotatable bonds is 6. The lowest BCUT2D eigenvalue weighted by Gasteiger charge is -2.10. The highest BCUT2D eigenvalue weighted by atomic mass is 127. The Bertz CT molecular complexity index is 875. The first-order valence-electron chi connectivity index (χ1n) is 8.20.